The van der Waals surface area contributed by atoms with Gasteiger partial charge in [-0.25, -0.2) is 0 Å². The van der Waals surface area contributed by atoms with Crippen molar-refractivity contribution >= 4 is 23.4 Å². The average Bonchev–Trinajstić information content (AvgIpc) is 2.73. The van der Waals surface area contributed by atoms with Gasteiger partial charge in [-0.1, -0.05) is 12.1 Å². The minimum atomic E-state index is -2.77. The molecule has 0 aliphatic heterocycles. The van der Waals surface area contributed by atoms with Crippen molar-refractivity contribution < 1.29 is 39.6 Å². The predicted octanol–water partition coefficient (Wildman–Crippen LogP) is -0.763. The highest BCUT2D eigenvalue weighted by Crippen LogP contribution is 2.50. The molecule has 0 radical (unpaired) electrons. The predicted molar refractivity (Wildman–Crippen MR) is 117 cm³/mol. The zero-order valence-corrected chi connectivity index (χ0v) is 18.5. The Morgan fingerprint density at radius 1 is 1.21 bits per heavy atom. The van der Waals surface area contributed by atoms with E-state index in [-0.39, 0.29) is 36.3 Å². The number of hydrogen-bond donors (Lipinski definition) is 6. The fourth-order valence-corrected chi connectivity index (χ4v) is 5.15. The van der Waals surface area contributed by atoms with Gasteiger partial charge >= 0.3 is 0 Å². The molecule has 11 heteroatoms. The third-order valence-corrected chi connectivity index (χ3v) is 6.68. The van der Waals surface area contributed by atoms with Crippen LogP contribution in [0.1, 0.15) is 22.3 Å². The van der Waals surface area contributed by atoms with E-state index in [9.17, 15) is 39.6 Å². The van der Waals surface area contributed by atoms with Crippen LogP contribution in [0.3, 0.4) is 0 Å². The van der Waals surface area contributed by atoms with Gasteiger partial charge in [0.15, 0.2) is 11.4 Å². The molecule has 3 aliphatic carbocycles. The van der Waals surface area contributed by atoms with Crippen LogP contribution in [0.5, 0.6) is 5.75 Å². The van der Waals surface area contributed by atoms with Gasteiger partial charge in [-0.2, -0.15) is 0 Å². The highest BCUT2D eigenvalue weighted by Gasteiger charge is 2.62. The Morgan fingerprint density at radius 3 is 2.53 bits per heavy atom. The first-order chi connectivity index (χ1) is 15.9. The number of nitrogens with two attached hydrogens (primary N) is 1. The Balaban J connectivity index is 1.79. The summed E-state index contributed by atoms with van der Waals surface area (Å²) in [6.07, 6.45) is 0.168. The fraction of sp³-hybridized carbons (Fsp3) is 0.391. The lowest BCUT2D eigenvalue weighted by Crippen LogP contribution is -2.63. The number of ketones is 2. The molecule has 1 aromatic carbocycles. The van der Waals surface area contributed by atoms with Gasteiger partial charge in [0.1, 0.15) is 22.8 Å². The minimum absolute atomic E-state index is 0.0412. The third kappa shape index (κ3) is 3.31. The first kappa shape index (κ1) is 23.6. The molecule has 0 aromatic heterocycles. The van der Waals surface area contributed by atoms with Crippen LogP contribution < -0.4 is 11.1 Å². The van der Waals surface area contributed by atoms with Crippen LogP contribution in [0.4, 0.5) is 0 Å². The van der Waals surface area contributed by atoms with E-state index in [1.807, 2.05) is 5.32 Å². The summed E-state index contributed by atoms with van der Waals surface area (Å²) in [5.74, 6) is -8.14. The van der Waals surface area contributed by atoms with E-state index in [4.69, 9.17) is 5.73 Å². The number of nitrogens with one attached hydrogen (secondary N) is 1. The second kappa shape index (κ2) is 8.05. The molecule has 0 heterocycles. The number of nitrogens with zero attached hydrogens (tertiary/aromatic N) is 1. The number of aromatic hydroxyl groups is 1. The van der Waals surface area contributed by atoms with E-state index in [0.29, 0.717) is 5.56 Å². The zero-order valence-electron chi connectivity index (χ0n) is 18.5. The van der Waals surface area contributed by atoms with Crippen molar-refractivity contribution in [2.24, 2.45) is 17.6 Å². The van der Waals surface area contributed by atoms with E-state index in [1.54, 1.807) is 26.2 Å². The smallest absolute Gasteiger partial charge is 0.265 e. The number of rotatable bonds is 3. The molecule has 7 N–H and O–H groups in total. The van der Waals surface area contributed by atoms with Crippen LogP contribution in [0.15, 0.2) is 40.9 Å². The van der Waals surface area contributed by atoms with Gasteiger partial charge in [-0.15, -0.1) is 0 Å². The molecule has 1 aromatic rings. The Bertz CT molecular complexity index is 1200. The summed E-state index contributed by atoms with van der Waals surface area (Å²) >= 11 is 0. The third-order valence-electron chi connectivity index (χ3n) is 6.68. The summed E-state index contributed by atoms with van der Waals surface area (Å²) < 4.78 is 0. The molecule has 0 bridgehead atoms. The molecule has 4 atom stereocenters. The SMILES string of the molecule is CN(C)CC(=O)NC(=O)C1=C(O)C(N)C2CC3Cc4cccc(O)c4C(=O)C3=C(O)C2(O)C1=O. The molecule has 11 nitrogen and oxygen atoms in total. The second-order valence-electron chi connectivity index (χ2n) is 9.14. The average molecular weight is 471 g/mol. The maximum Gasteiger partial charge on any atom is 0.265 e. The Hall–Kier alpha value is -3.54. The van der Waals surface area contributed by atoms with Crippen molar-refractivity contribution in [1.82, 2.24) is 10.2 Å². The van der Waals surface area contributed by atoms with Crippen LogP contribution in [0.2, 0.25) is 0 Å². The zero-order chi connectivity index (χ0) is 25.1. The number of amides is 2. The molecule has 0 saturated heterocycles. The maximum absolute atomic E-state index is 13.3. The summed E-state index contributed by atoms with van der Waals surface area (Å²) in [5.41, 5.74) is 2.61. The lowest BCUT2D eigenvalue weighted by Gasteiger charge is -2.47. The first-order valence-electron chi connectivity index (χ1n) is 10.6. The number of carbonyl (C=O) groups is 4. The van der Waals surface area contributed by atoms with E-state index < -0.39 is 64.0 Å². The van der Waals surface area contributed by atoms with E-state index in [0.717, 1.165) is 0 Å². The molecular weight excluding hydrogens is 446 g/mol. The quantitative estimate of drug-likeness (QED) is 0.305. The number of benzene rings is 1. The van der Waals surface area contributed by atoms with E-state index in [2.05, 4.69) is 0 Å². The molecule has 180 valence electrons. The molecule has 4 rings (SSSR count). The van der Waals surface area contributed by atoms with Crippen LogP contribution in [-0.4, -0.2) is 81.0 Å². The number of Topliss-reactive ketones (excluding diaryl/α,β-unsaturated/α-hetero) is 2. The van der Waals surface area contributed by atoms with Crippen molar-refractivity contribution in [1.29, 1.82) is 0 Å². The van der Waals surface area contributed by atoms with Crippen molar-refractivity contribution in [3.63, 3.8) is 0 Å². The van der Waals surface area contributed by atoms with Crippen molar-refractivity contribution in [3.05, 3.63) is 52.0 Å². The topological polar surface area (TPSA) is 190 Å². The molecule has 0 fully saturated rings. The number of phenols is 1. The Kier molecular flexibility index (Phi) is 5.59. The monoisotopic (exact) mass is 471 g/mol. The number of imide groups is 1. The van der Waals surface area contributed by atoms with Gasteiger partial charge in [-0.3, -0.25) is 24.5 Å². The number of phenolic OH excluding ortho intramolecular Hbond substituents is 1. The van der Waals surface area contributed by atoms with Gasteiger partial charge < -0.3 is 31.1 Å². The van der Waals surface area contributed by atoms with Gasteiger partial charge in [0.25, 0.3) is 5.91 Å². The van der Waals surface area contributed by atoms with Gasteiger partial charge in [0.05, 0.1) is 18.2 Å². The second-order valence-corrected chi connectivity index (χ2v) is 9.14. The number of likely N-dealkylation sites (N-methyl/N-ethyl adjacent to an activating group) is 1. The molecule has 4 unspecified atom stereocenters. The van der Waals surface area contributed by atoms with Crippen molar-refractivity contribution in [2.45, 2.75) is 24.5 Å². The van der Waals surface area contributed by atoms with Crippen LogP contribution in [0.25, 0.3) is 0 Å². The number of carbonyl (C=O) groups excluding carboxylic acids is 4. The lowest BCUT2D eigenvalue weighted by atomic mass is 9.59. The van der Waals surface area contributed by atoms with Gasteiger partial charge in [-0.05, 0) is 44.5 Å². The summed E-state index contributed by atoms with van der Waals surface area (Å²) in [7, 11) is 3.16. The first-order valence-corrected chi connectivity index (χ1v) is 10.6. The van der Waals surface area contributed by atoms with Crippen molar-refractivity contribution in [3.8, 4) is 5.75 Å². The minimum Gasteiger partial charge on any atom is -0.510 e. The number of fused-ring (bicyclic) bond motifs is 3. The molecule has 2 amide bonds. The van der Waals surface area contributed by atoms with Crippen LogP contribution in [-0.2, 0) is 20.8 Å². The Labute approximate surface area is 194 Å². The fourth-order valence-electron chi connectivity index (χ4n) is 5.15. The van der Waals surface area contributed by atoms with Crippen LogP contribution >= 0.6 is 0 Å². The summed E-state index contributed by atoms with van der Waals surface area (Å²) in [5, 5.41) is 45.2. The van der Waals surface area contributed by atoms with Gasteiger partial charge in [0.2, 0.25) is 11.7 Å². The largest absolute Gasteiger partial charge is 0.510 e. The van der Waals surface area contributed by atoms with Crippen molar-refractivity contribution in [2.75, 3.05) is 20.6 Å². The molecule has 34 heavy (non-hydrogen) atoms. The summed E-state index contributed by atoms with van der Waals surface area (Å²) in [4.78, 5) is 52.7. The lowest BCUT2D eigenvalue weighted by molar-refractivity contribution is -0.146. The summed E-state index contributed by atoms with van der Waals surface area (Å²) in [6, 6.07) is 3.10. The highest BCUT2D eigenvalue weighted by molar-refractivity contribution is 6.27. The molecule has 3 aliphatic rings. The van der Waals surface area contributed by atoms with Crippen LogP contribution in [0, 0.1) is 11.8 Å². The highest BCUT2D eigenvalue weighted by atomic mass is 16.3. The number of aliphatic hydroxyl groups is 3. The number of hydrogen-bond acceptors (Lipinski definition) is 10. The molecular formula is C23H25N3O8. The Morgan fingerprint density at radius 2 is 1.88 bits per heavy atom. The van der Waals surface area contributed by atoms with E-state index in [1.165, 1.54) is 11.0 Å². The van der Waals surface area contributed by atoms with Gasteiger partial charge in [0, 0.05) is 11.5 Å². The standard InChI is InChI=1S/C23H25N3O8/c1-26(2)8-13(28)25-22(33)16-19(30)17(24)11-7-10-6-9-4-3-5-12(27)14(9)18(29)15(10)20(31)23(11,34)21(16)32/h3-5,10-11,17,27,30-31,34H,6-8,24H2,1-2H3,(H,25,28,33). The number of allylic oxidation sites excluding steroid dienone is 1. The molecule has 0 spiro atoms. The van der Waals surface area contributed by atoms with E-state index >= 15 is 0 Å². The normalized spacial score (nSPS) is 28.4. The number of aliphatic hydroxyl groups excluding tert-OH is 2. The molecule has 0 saturated carbocycles. The maximum atomic E-state index is 13.3. The summed E-state index contributed by atoms with van der Waals surface area (Å²) in [6.45, 7) is -0.193.